The van der Waals surface area contributed by atoms with Crippen LogP contribution in [0, 0.1) is 17.2 Å². The minimum atomic E-state index is -3.77. The number of nitrogens with zero attached hydrogens (tertiary/aromatic N) is 2. The first-order valence-corrected chi connectivity index (χ1v) is 9.01. The van der Waals surface area contributed by atoms with E-state index in [1.165, 1.54) is 16.4 Å². The zero-order valence-electron chi connectivity index (χ0n) is 13.1. The number of para-hydroxylation sites is 1. The number of carbonyl (C=O) groups is 1. The summed E-state index contributed by atoms with van der Waals surface area (Å²) in [5.41, 5.74) is 1.61. The van der Waals surface area contributed by atoms with Gasteiger partial charge in [0.25, 0.3) is 10.0 Å². The number of sulfonamides is 1. The molecular formula is C18H16N2O3S. The highest BCUT2D eigenvalue weighted by Crippen LogP contribution is 2.33. The molecule has 0 bridgehead atoms. The van der Waals surface area contributed by atoms with Crippen LogP contribution < -0.4 is 4.31 Å². The fourth-order valence-corrected chi connectivity index (χ4v) is 4.39. The van der Waals surface area contributed by atoms with E-state index in [-0.39, 0.29) is 23.6 Å². The maximum Gasteiger partial charge on any atom is 0.264 e. The summed E-state index contributed by atoms with van der Waals surface area (Å²) in [4.78, 5) is 12.4. The molecule has 3 rings (SSSR count). The van der Waals surface area contributed by atoms with Crippen LogP contribution in [0.25, 0.3) is 0 Å². The number of hydrogen-bond acceptors (Lipinski definition) is 4. The second-order valence-corrected chi connectivity index (χ2v) is 7.66. The Labute approximate surface area is 141 Å². The van der Waals surface area contributed by atoms with Crippen LogP contribution in [-0.2, 0) is 16.4 Å². The molecule has 0 radical (unpaired) electrons. The number of carbonyl (C=O) groups excluding carboxylic acids is 1. The first-order valence-electron chi connectivity index (χ1n) is 7.57. The molecule has 1 aliphatic heterocycles. The highest BCUT2D eigenvalue weighted by molar-refractivity contribution is 7.92. The van der Waals surface area contributed by atoms with Crippen molar-refractivity contribution in [3.05, 3.63) is 59.7 Å². The summed E-state index contributed by atoms with van der Waals surface area (Å²) in [5, 5.41) is 8.71. The predicted octanol–water partition coefficient (Wildman–Crippen LogP) is 2.78. The average molecular weight is 340 g/mol. The SMILES string of the molecule is CC1CN(S(=O)(=O)c2ccc(CC#N)cc2)c2ccccc2C1=O. The number of anilines is 1. The van der Waals surface area contributed by atoms with Crippen molar-refractivity contribution in [3.63, 3.8) is 0 Å². The van der Waals surface area contributed by atoms with E-state index in [0.717, 1.165) is 5.56 Å². The monoisotopic (exact) mass is 340 g/mol. The van der Waals surface area contributed by atoms with Crippen LogP contribution in [0.15, 0.2) is 53.4 Å². The number of ketones is 1. The first-order chi connectivity index (χ1) is 11.4. The van der Waals surface area contributed by atoms with Crippen LogP contribution in [0.3, 0.4) is 0 Å². The lowest BCUT2D eigenvalue weighted by Crippen LogP contribution is -2.41. The summed E-state index contributed by atoms with van der Waals surface area (Å²) in [6.45, 7) is 1.86. The van der Waals surface area contributed by atoms with Crippen molar-refractivity contribution in [2.75, 3.05) is 10.8 Å². The standard InChI is InChI=1S/C18H16N2O3S/c1-13-12-20(17-5-3-2-4-16(17)18(13)21)24(22,23)15-8-6-14(7-9-15)10-11-19/h2-9,13H,10,12H2,1H3. The Hall–Kier alpha value is -2.65. The van der Waals surface area contributed by atoms with Crippen LogP contribution in [0.1, 0.15) is 22.8 Å². The Morgan fingerprint density at radius 3 is 2.50 bits per heavy atom. The molecule has 1 heterocycles. The number of nitriles is 1. The van der Waals surface area contributed by atoms with Gasteiger partial charge < -0.3 is 0 Å². The number of rotatable bonds is 3. The largest absolute Gasteiger partial charge is 0.294 e. The fourth-order valence-electron chi connectivity index (χ4n) is 2.82. The summed E-state index contributed by atoms with van der Waals surface area (Å²) in [7, 11) is -3.77. The van der Waals surface area contributed by atoms with Crippen molar-refractivity contribution in [1.29, 1.82) is 5.26 Å². The quantitative estimate of drug-likeness (QED) is 0.861. The molecule has 24 heavy (non-hydrogen) atoms. The molecule has 0 aromatic heterocycles. The van der Waals surface area contributed by atoms with Crippen molar-refractivity contribution >= 4 is 21.5 Å². The summed E-state index contributed by atoms with van der Waals surface area (Å²) < 4.78 is 27.3. The molecule has 1 aliphatic rings. The highest BCUT2D eigenvalue weighted by Gasteiger charge is 2.35. The van der Waals surface area contributed by atoms with Gasteiger partial charge in [-0.05, 0) is 29.8 Å². The number of fused-ring (bicyclic) bond motifs is 1. The van der Waals surface area contributed by atoms with E-state index in [4.69, 9.17) is 5.26 Å². The molecule has 0 spiro atoms. The van der Waals surface area contributed by atoms with E-state index in [0.29, 0.717) is 11.3 Å². The molecule has 2 aromatic carbocycles. The molecule has 1 atom stereocenters. The topological polar surface area (TPSA) is 78.2 Å². The maximum absolute atomic E-state index is 13.0. The van der Waals surface area contributed by atoms with Crippen molar-refractivity contribution in [3.8, 4) is 6.07 Å². The van der Waals surface area contributed by atoms with E-state index in [1.807, 2.05) is 6.07 Å². The lowest BCUT2D eigenvalue weighted by atomic mass is 9.94. The minimum Gasteiger partial charge on any atom is -0.294 e. The van der Waals surface area contributed by atoms with Crippen LogP contribution >= 0.6 is 0 Å². The molecule has 0 aliphatic carbocycles. The van der Waals surface area contributed by atoms with Crippen molar-refractivity contribution < 1.29 is 13.2 Å². The minimum absolute atomic E-state index is 0.0404. The second-order valence-electron chi connectivity index (χ2n) is 5.80. The number of benzene rings is 2. The van der Waals surface area contributed by atoms with Gasteiger partial charge in [-0.25, -0.2) is 8.42 Å². The maximum atomic E-state index is 13.0. The number of Topliss-reactive ketones (excluding diaryl/α,β-unsaturated/α-hetero) is 1. The third kappa shape index (κ3) is 2.68. The molecule has 1 unspecified atom stereocenters. The van der Waals surface area contributed by atoms with Crippen molar-refractivity contribution in [2.24, 2.45) is 5.92 Å². The van der Waals surface area contributed by atoms with Gasteiger partial charge in [-0.1, -0.05) is 31.2 Å². The average Bonchev–Trinajstić information content (AvgIpc) is 2.59. The lowest BCUT2D eigenvalue weighted by Gasteiger charge is -2.32. The van der Waals surface area contributed by atoms with Crippen LogP contribution in [0.4, 0.5) is 5.69 Å². The Kier molecular flexibility index (Phi) is 4.12. The smallest absolute Gasteiger partial charge is 0.264 e. The van der Waals surface area contributed by atoms with E-state index >= 15 is 0 Å². The van der Waals surface area contributed by atoms with Gasteiger partial charge in [0.2, 0.25) is 0 Å². The summed E-state index contributed by atoms with van der Waals surface area (Å²) >= 11 is 0. The van der Waals surface area contributed by atoms with Gasteiger partial charge in [-0.2, -0.15) is 5.26 Å². The normalized spacial score (nSPS) is 17.2. The fraction of sp³-hybridized carbons (Fsp3) is 0.222. The predicted molar refractivity (Wildman–Crippen MR) is 90.2 cm³/mol. The molecule has 6 heteroatoms. The Balaban J connectivity index is 2.05. The second kappa shape index (κ2) is 6.10. The molecular weight excluding hydrogens is 324 g/mol. The number of hydrogen-bond donors (Lipinski definition) is 0. The van der Waals surface area contributed by atoms with Crippen molar-refractivity contribution in [2.45, 2.75) is 18.2 Å². The zero-order chi connectivity index (χ0) is 17.3. The molecule has 0 saturated carbocycles. The summed E-state index contributed by atoms with van der Waals surface area (Å²) in [5.74, 6) is -0.436. The van der Waals surface area contributed by atoms with Crippen LogP contribution in [0.5, 0.6) is 0 Å². The summed E-state index contributed by atoms with van der Waals surface area (Å²) in [6, 6.07) is 15.1. The molecule has 0 fully saturated rings. The molecule has 2 aromatic rings. The lowest BCUT2D eigenvalue weighted by molar-refractivity contribution is 0.0929. The van der Waals surface area contributed by atoms with Gasteiger partial charge in [-0.3, -0.25) is 9.10 Å². The summed E-state index contributed by atoms with van der Waals surface area (Å²) in [6.07, 6.45) is 0.235. The van der Waals surface area contributed by atoms with Gasteiger partial charge in [0, 0.05) is 18.0 Å². The van der Waals surface area contributed by atoms with E-state index in [9.17, 15) is 13.2 Å². The third-order valence-electron chi connectivity index (χ3n) is 4.12. The molecule has 5 nitrogen and oxygen atoms in total. The Bertz CT molecular complexity index is 927. The van der Waals surface area contributed by atoms with Gasteiger partial charge in [0.15, 0.2) is 5.78 Å². The Morgan fingerprint density at radius 1 is 1.17 bits per heavy atom. The highest BCUT2D eigenvalue weighted by atomic mass is 32.2. The molecule has 0 N–H and O–H groups in total. The van der Waals surface area contributed by atoms with Crippen LogP contribution in [0.2, 0.25) is 0 Å². The van der Waals surface area contributed by atoms with E-state index in [2.05, 4.69) is 0 Å². The molecule has 0 amide bonds. The van der Waals surface area contributed by atoms with Crippen molar-refractivity contribution in [1.82, 2.24) is 0 Å². The van der Waals surface area contributed by atoms with Gasteiger partial charge in [-0.15, -0.1) is 0 Å². The van der Waals surface area contributed by atoms with E-state index in [1.54, 1.807) is 43.3 Å². The van der Waals surface area contributed by atoms with Gasteiger partial charge in [0.1, 0.15) is 0 Å². The zero-order valence-corrected chi connectivity index (χ0v) is 14.0. The van der Waals surface area contributed by atoms with E-state index < -0.39 is 15.9 Å². The molecule has 0 saturated heterocycles. The van der Waals surface area contributed by atoms with Gasteiger partial charge in [0.05, 0.1) is 23.1 Å². The first kappa shape index (κ1) is 16.2. The van der Waals surface area contributed by atoms with Crippen LogP contribution in [-0.4, -0.2) is 20.7 Å². The molecule has 122 valence electrons. The van der Waals surface area contributed by atoms with Gasteiger partial charge >= 0.3 is 0 Å². The third-order valence-corrected chi connectivity index (χ3v) is 5.91. The Morgan fingerprint density at radius 2 is 1.83 bits per heavy atom.